The molecule has 1 rings (SSSR count). The molecular formula is C14H19N3O4. The van der Waals surface area contributed by atoms with Gasteiger partial charge in [-0.05, 0) is 43.5 Å². The SMILES string of the molecule is Cc1cc(NC(=O)NCCCC(N)=O)cc(C(=O)O)c1C. The molecule has 0 bridgehead atoms. The Morgan fingerprint density at radius 2 is 1.90 bits per heavy atom. The minimum atomic E-state index is -1.04. The molecule has 114 valence electrons. The molecule has 0 saturated carbocycles. The van der Waals surface area contributed by atoms with Crippen LogP contribution < -0.4 is 16.4 Å². The first kappa shape index (κ1) is 16.5. The van der Waals surface area contributed by atoms with Crippen LogP contribution in [-0.4, -0.2) is 29.6 Å². The number of carbonyl (C=O) groups is 3. The van der Waals surface area contributed by atoms with Gasteiger partial charge in [0.25, 0.3) is 0 Å². The van der Waals surface area contributed by atoms with Gasteiger partial charge < -0.3 is 21.5 Å². The van der Waals surface area contributed by atoms with E-state index in [1.807, 2.05) is 0 Å². The summed E-state index contributed by atoms with van der Waals surface area (Å²) in [5, 5.41) is 14.2. The molecule has 0 fully saturated rings. The van der Waals surface area contributed by atoms with Crippen molar-refractivity contribution in [2.24, 2.45) is 5.73 Å². The number of carboxylic acids is 1. The molecule has 0 saturated heterocycles. The van der Waals surface area contributed by atoms with E-state index < -0.39 is 17.9 Å². The summed E-state index contributed by atoms with van der Waals surface area (Å²) in [4.78, 5) is 33.3. The van der Waals surface area contributed by atoms with Gasteiger partial charge >= 0.3 is 12.0 Å². The molecule has 0 spiro atoms. The number of carboxylic acid groups (broad SMARTS) is 1. The second kappa shape index (κ2) is 7.28. The van der Waals surface area contributed by atoms with E-state index in [2.05, 4.69) is 10.6 Å². The number of amides is 3. The van der Waals surface area contributed by atoms with E-state index in [0.29, 0.717) is 24.2 Å². The van der Waals surface area contributed by atoms with Crippen molar-refractivity contribution in [2.45, 2.75) is 26.7 Å². The van der Waals surface area contributed by atoms with E-state index in [1.165, 1.54) is 6.07 Å². The first-order valence-electron chi connectivity index (χ1n) is 6.49. The second-order valence-corrected chi connectivity index (χ2v) is 4.72. The maximum atomic E-state index is 11.6. The van der Waals surface area contributed by atoms with Crippen LogP contribution in [0.4, 0.5) is 10.5 Å². The minimum absolute atomic E-state index is 0.152. The van der Waals surface area contributed by atoms with Crippen LogP contribution in [0.1, 0.15) is 34.3 Å². The van der Waals surface area contributed by atoms with Crippen LogP contribution in [0.15, 0.2) is 12.1 Å². The average Bonchev–Trinajstić information content (AvgIpc) is 2.38. The second-order valence-electron chi connectivity index (χ2n) is 4.72. The molecule has 0 aliphatic carbocycles. The van der Waals surface area contributed by atoms with Crippen LogP contribution in [0, 0.1) is 13.8 Å². The first-order chi connectivity index (χ1) is 9.81. The van der Waals surface area contributed by atoms with Gasteiger partial charge in [0.15, 0.2) is 0 Å². The van der Waals surface area contributed by atoms with Crippen molar-refractivity contribution in [3.63, 3.8) is 0 Å². The van der Waals surface area contributed by atoms with Crippen LogP contribution in [-0.2, 0) is 4.79 Å². The molecule has 7 nitrogen and oxygen atoms in total. The van der Waals surface area contributed by atoms with Crippen molar-refractivity contribution in [3.05, 3.63) is 28.8 Å². The summed E-state index contributed by atoms with van der Waals surface area (Å²) in [6, 6.07) is 2.65. The largest absolute Gasteiger partial charge is 0.478 e. The Labute approximate surface area is 122 Å². The quantitative estimate of drug-likeness (QED) is 0.592. The maximum Gasteiger partial charge on any atom is 0.336 e. The van der Waals surface area contributed by atoms with Crippen molar-refractivity contribution in [3.8, 4) is 0 Å². The summed E-state index contributed by atoms with van der Waals surface area (Å²) in [7, 11) is 0. The summed E-state index contributed by atoms with van der Waals surface area (Å²) in [5.41, 5.74) is 6.98. The fourth-order valence-electron chi connectivity index (χ4n) is 1.79. The minimum Gasteiger partial charge on any atom is -0.478 e. The van der Waals surface area contributed by atoms with Crippen molar-refractivity contribution < 1.29 is 19.5 Å². The summed E-state index contributed by atoms with van der Waals surface area (Å²) >= 11 is 0. The van der Waals surface area contributed by atoms with Gasteiger partial charge in [-0.3, -0.25) is 4.79 Å². The van der Waals surface area contributed by atoms with Crippen molar-refractivity contribution in [2.75, 3.05) is 11.9 Å². The zero-order chi connectivity index (χ0) is 16.0. The van der Waals surface area contributed by atoms with E-state index in [9.17, 15) is 14.4 Å². The molecular weight excluding hydrogens is 274 g/mol. The van der Waals surface area contributed by atoms with Crippen LogP contribution in [0.5, 0.6) is 0 Å². The lowest BCUT2D eigenvalue weighted by Crippen LogP contribution is -2.30. The van der Waals surface area contributed by atoms with Gasteiger partial charge in [0.1, 0.15) is 0 Å². The van der Waals surface area contributed by atoms with Crippen molar-refractivity contribution in [1.29, 1.82) is 0 Å². The molecule has 3 amide bonds. The van der Waals surface area contributed by atoms with E-state index in [1.54, 1.807) is 19.9 Å². The summed E-state index contributed by atoms with van der Waals surface area (Å²) in [6.07, 6.45) is 0.656. The Kier molecular flexibility index (Phi) is 5.71. The van der Waals surface area contributed by atoms with Gasteiger partial charge in [-0.1, -0.05) is 0 Å². The number of aryl methyl sites for hydroxylation is 1. The van der Waals surface area contributed by atoms with Gasteiger partial charge in [0.2, 0.25) is 5.91 Å². The lowest BCUT2D eigenvalue weighted by atomic mass is 10.0. The van der Waals surface area contributed by atoms with Crippen LogP contribution in [0.2, 0.25) is 0 Å². The van der Waals surface area contributed by atoms with Gasteiger partial charge in [0, 0.05) is 18.7 Å². The molecule has 7 heteroatoms. The van der Waals surface area contributed by atoms with Gasteiger partial charge in [0.05, 0.1) is 5.56 Å². The molecule has 0 atom stereocenters. The van der Waals surface area contributed by atoms with Gasteiger partial charge in [-0.2, -0.15) is 0 Å². The first-order valence-corrected chi connectivity index (χ1v) is 6.49. The summed E-state index contributed by atoms with van der Waals surface area (Å²) in [5.74, 6) is -1.46. The molecule has 0 radical (unpaired) electrons. The number of carbonyl (C=O) groups excluding carboxylic acids is 2. The fourth-order valence-corrected chi connectivity index (χ4v) is 1.79. The predicted octanol–water partition coefficient (Wildman–Crippen LogP) is 1.39. The lowest BCUT2D eigenvalue weighted by Gasteiger charge is -2.11. The van der Waals surface area contributed by atoms with Crippen LogP contribution in [0.3, 0.4) is 0 Å². The Morgan fingerprint density at radius 1 is 1.24 bits per heavy atom. The van der Waals surface area contributed by atoms with Crippen molar-refractivity contribution >= 4 is 23.6 Å². The lowest BCUT2D eigenvalue weighted by molar-refractivity contribution is -0.118. The average molecular weight is 293 g/mol. The molecule has 0 aliphatic heterocycles. The van der Waals surface area contributed by atoms with Crippen LogP contribution in [0.25, 0.3) is 0 Å². The molecule has 21 heavy (non-hydrogen) atoms. The van der Waals surface area contributed by atoms with Gasteiger partial charge in [-0.25, -0.2) is 9.59 Å². The molecule has 1 aromatic carbocycles. The zero-order valence-electron chi connectivity index (χ0n) is 12.0. The Bertz CT molecular complexity index is 570. The smallest absolute Gasteiger partial charge is 0.336 e. The number of urea groups is 1. The molecule has 0 aromatic heterocycles. The Morgan fingerprint density at radius 3 is 2.48 bits per heavy atom. The van der Waals surface area contributed by atoms with E-state index in [-0.39, 0.29) is 12.0 Å². The molecule has 0 unspecified atom stereocenters. The standard InChI is InChI=1S/C14H19N3O4/c1-8-6-10(7-11(9(8)2)13(19)20)17-14(21)16-5-3-4-12(15)18/h6-7H,3-5H2,1-2H3,(H2,15,18)(H,19,20)(H2,16,17,21). The number of anilines is 1. The highest BCUT2D eigenvalue weighted by Gasteiger charge is 2.12. The molecule has 0 aliphatic rings. The summed E-state index contributed by atoms with van der Waals surface area (Å²) < 4.78 is 0. The number of nitrogens with one attached hydrogen (secondary N) is 2. The highest BCUT2D eigenvalue weighted by atomic mass is 16.4. The van der Waals surface area contributed by atoms with E-state index >= 15 is 0 Å². The molecule has 0 heterocycles. The molecule has 1 aromatic rings. The monoisotopic (exact) mass is 293 g/mol. The normalized spacial score (nSPS) is 10.0. The number of hydrogen-bond acceptors (Lipinski definition) is 3. The molecule has 5 N–H and O–H groups in total. The number of primary amides is 1. The van der Waals surface area contributed by atoms with Crippen molar-refractivity contribution in [1.82, 2.24) is 5.32 Å². The third-order valence-corrected chi connectivity index (χ3v) is 3.04. The third kappa shape index (κ3) is 5.13. The number of aromatic carboxylic acids is 1. The predicted molar refractivity (Wildman–Crippen MR) is 78.3 cm³/mol. The Hall–Kier alpha value is -2.57. The highest BCUT2D eigenvalue weighted by molar-refractivity contribution is 5.94. The highest BCUT2D eigenvalue weighted by Crippen LogP contribution is 2.20. The fraction of sp³-hybridized carbons (Fsp3) is 0.357. The number of rotatable bonds is 6. The van der Waals surface area contributed by atoms with Crippen LogP contribution >= 0.6 is 0 Å². The third-order valence-electron chi connectivity index (χ3n) is 3.04. The number of benzene rings is 1. The number of nitrogens with two attached hydrogens (primary N) is 1. The topological polar surface area (TPSA) is 122 Å². The van der Waals surface area contributed by atoms with Gasteiger partial charge in [-0.15, -0.1) is 0 Å². The van der Waals surface area contributed by atoms with E-state index in [4.69, 9.17) is 10.8 Å². The maximum absolute atomic E-state index is 11.6. The number of hydrogen-bond donors (Lipinski definition) is 4. The van der Waals surface area contributed by atoms with E-state index in [0.717, 1.165) is 5.56 Å². The zero-order valence-corrected chi connectivity index (χ0v) is 12.0. The Balaban J connectivity index is 2.64. The summed E-state index contributed by atoms with van der Waals surface area (Å²) in [6.45, 7) is 3.80.